The summed E-state index contributed by atoms with van der Waals surface area (Å²) in [6.45, 7) is 18.3. The number of methoxy groups -OCH3 is 1. The number of aliphatic hydroxyl groups is 1. The first-order valence-corrected chi connectivity index (χ1v) is 15.2. The molecule has 0 heterocycles. The van der Waals surface area contributed by atoms with Gasteiger partial charge in [-0.1, -0.05) is 53.2 Å². The molecule has 2 aliphatic rings. The van der Waals surface area contributed by atoms with E-state index in [-0.39, 0.29) is 17.4 Å². The predicted molar refractivity (Wildman–Crippen MR) is 130 cm³/mol. The molecule has 0 bridgehead atoms. The van der Waals surface area contributed by atoms with Crippen LogP contribution in [0.5, 0.6) is 0 Å². The quantitative estimate of drug-likeness (QED) is 0.260. The van der Waals surface area contributed by atoms with Crippen LogP contribution in [0.3, 0.4) is 0 Å². The van der Waals surface area contributed by atoms with Gasteiger partial charge in [-0.05, 0) is 80.3 Å². The van der Waals surface area contributed by atoms with E-state index in [0.29, 0.717) is 35.7 Å². The Balaban J connectivity index is 2.05. The van der Waals surface area contributed by atoms with Gasteiger partial charge >= 0.3 is 5.97 Å². The van der Waals surface area contributed by atoms with E-state index in [1.165, 1.54) is 39.2 Å². The van der Waals surface area contributed by atoms with Crippen LogP contribution in [-0.4, -0.2) is 38.2 Å². The van der Waals surface area contributed by atoms with Crippen molar-refractivity contribution in [2.24, 2.45) is 23.2 Å². The minimum atomic E-state index is -1.77. The van der Waals surface area contributed by atoms with Gasteiger partial charge in [-0.25, -0.2) is 0 Å². The lowest BCUT2D eigenvalue weighted by Gasteiger charge is -2.49. The topological polar surface area (TPSA) is 55.8 Å². The van der Waals surface area contributed by atoms with Gasteiger partial charge in [0, 0.05) is 6.10 Å². The van der Waals surface area contributed by atoms with Gasteiger partial charge < -0.3 is 14.3 Å². The Bertz CT molecular complexity index is 648. The Morgan fingerprint density at radius 3 is 2.45 bits per heavy atom. The average molecular weight is 453 g/mol. The van der Waals surface area contributed by atoms with Crippen LogP contribution in [-0.2, 0) is 14.0 Å². The lowest BCUT2D eigenvalue weighted by atomic mass is 9.62. The molecule has 0 saturated heterocycles. The number of hydrogen-bond donors (Lipinski definition) is 1. The van der Waals surface area contributed by atoms with Crippen LogP contribution in [0.4, 0.5) is 0 Å². The van der Waals surface area contributed by atoms with E-state index in [4.69, 9.17) is 9.16 Å². The Hall–Kier alpha value is -0.653. The largest absolute Gasteiger partial charge is 0.469 e. The van der Waals surface area contributed by atoms with E-state index in [1.54, 1.807) is 6.92 Å². The summed E-state index contributed by atoms with van der Waals surface area (Å²) in [5.41, 5.74) is -0.734. The first-order valence-electron chi connectivity index (χ1n) is 12.3. The summed E-state index contributed by atoms with van der Waals surface area (Å²) < 4.78 is 11.7. The van der Waals surface area contributed by atoms with Crippen molar-refractivity contribution >= 4 is 14.3 Å². The summed E-state index contributed by atoms with van der Waals surface area (Å²) in [4.78, 5) is 11.5. The van der Waals surface area contributed by atoms with Gasteiger partial charge in [0.25, 0.3) is 0 Å². The highest BCUT2D eigenvalue weighted by molar-refractivity contribution is 6.74. The monoisotopic (exact) mass is 452 g/mol. The number of hydrogen-bond acceptors (Lipinski definition) is 4. The van der Waals surface area contributed by atoms with Gasteiger partial charge in [0.1, 0.15) is 0 Å². The van der Waals surface area contributed by atoms with Crippen LogP contribution >= 0.6 is 0 Å². The lowest BCUT2D eigenvalue weighted by molar-refractivity contribution is -0.145. The van der Waals surface area contributed by atoms with Crippen LogP contribution in [0.2, 0.25) is 18.1 Å². The molecule has 0 amide bonds. The molecule has 180 valence electrons. The maximum atomic E-state index is 11.5. The highest BCUT2D eigenvalue weighted by Gasteiger charge is 2.54. The van der Waals surface area contributed by atoms with Crippen molar-refractivity contribution in [3.05, 3.63) is 12.2 Å². The molecular formula is C26H48O4Si. The summed E-state index contributed by atoms with van der Waals surface area (Å²) in [6.07, 6.45) is 11.5. The zero-order chi connectivity index (χ0) is 23.7. The lowest BCUT2D eigenvalue weighted by Crippen LogP contribution is -2.50. The number of allylic oxidation sites excluding steroid dienone is 1. The van der Waals surface area contributed by atoms with E-state index in [2.05, 4.69) is 59.9 Å². The molecule has 2 saturated carbocycles. The van der Waals surface area contributed by atoms with E-state index in [0.717, 1.165) is 0 Å². The summed E-state index contributed by atoms with van der Waals surface area (Å²) in [5.74, 6) is 1.38. The standard InChI is InChI=1S/C26H48O4Si/c1-19(12-10-16-25(5,28)18-23(27)29-7)20-14-15-21-22(13-11-17-26(20,21)6)30-31(8,9)24(2,3)4/h10,12,19-22,28H,11,13-18H2,1-9H3/b12-10+/t19?,20-,21-,22-,25-,26+/m1/s1. The first-order chi connectivity index (χ1) is 14.1. The number of ether oxygens (including phenoxy) is 1. The van der Waals surface area contributed by atoms with E-state index >= 15 is 0 Å². The molecule has 0 aromatic heterocycles. The maximum Gasteiger partial charge on any atom is 0.308 e. The molecule has 2 fully saturated rings. The molecule has 6 atom stereocenters. The summed E-state index contributed by atoms with van der Waals surface area (Å²) in [5, 5.41) is 10.7. The highest BCUT2D eigenvalue weighted by atomic mass is 28.4. The van der Waals surface area contributed by atoms with Gasteiger partial charge in [-0.3, -0.25) is 4.79 Å². The van der Waals surface area contributed by atoms with Crippen molar-refractivity contribution in [2.75, 3.05) is 7.11 Å². The zero-order valence-electron chi connectivity index (χ0n) is 21.6. The predicted octanol–water partition coefficient (Wildman–Crippen LogP) is 6.49. The van der Waals surface area contributed by atoms with Gasteiger partial charge in [0.15, 0.2) is 8.32 Å². The molecule has 0 spiro atoms. The van der Waals surface area contributed by atoms with Crippen molar-refractivity contribution in [3.63, 3.8) is 0 Å². The van der Waals surface area contributed by atoms with Crippen LogP contribution in [0.25, 0.3) is 0 Å². The highest BCUT2D eigenvalue weighted by Crippen LogP contribution is 2.59. The molecule has 5 heteroatoms. The van der Waals surface area contributed by atoms with Crippen molar-refractivity contribution in [3.8, 4) is 0 Å². The van der Waals surface area contributed by atoms with Gasteiger partial charge in [0.05, 0.1) is 19.1 Å². The van der Waals surface area contributed by atoms with Crippen LogP contribution in [0.1, 0.15) is 86.5 Å². The minimum Gasteiger partial charge on any atom is -0.469 e. The number of fused-ring (bicyclic) bond motifs is 1. The molecule has 2 aliphatic carbocycles. The second-order valence-electron chi connectivity index (χ2n) is 12.3. The fraction of sp³-hybridized carbons (Fsp3) is 0.885. The molecule has 0 aromatic rings. The molecule has 31 heavy (non-hydrogen) atoms. The third-order valence-electron chi connectivity index (χ3n) is 8.77. The minimum absolute atomic E-state index is 0.0257. The third kappa shape index (κ3) is 6.23. The molecular weight excluding hydrogens is 404 g/mol. The summed E-state index contributed by atoms with van der Waals surface area (Å²) in [6, 6.07) is 0. The number of esters is 1. The smallest absolute Gasteiger partial charge is 0.308 e. The Morgan fingerprint density at radius 1 is 1.23 bits per heavy atom. The second kappa shape index (κ2) is 9.68. The number of rotatable bonds is 8. The molecule has 2 rings (SSSR count). The van der Waals surface area contributed by atoms with Crippen molar-refractivity contribution < 1.29 is 19.1 Å². The van der Waals surface area contributed by atoms with Gasteiger partial charge in [-0.15, -0.1) is 0 Å². The molecule has 1 unspecified atom stereocenters. The average Bonchev–Trinajstić information content (AvgIpc) is 2.97. The van der Waals surface area contributed by atoms with Crippen LogP contribution < -0.4 is 0 Å². The SMILES string of the molecule is COC(=O)C[C@](C)(O)C/C=C/C(C)[C@H]1CC[C@@H]2[C@H](O[Si](C)(C)C(C)(C)C)CCC[C@@]12C. The third-order valence-corrected chi connectivity index (χ3v) is 13.3. The molecule has 4 nitrogen and oxygen atoms in total. The van der Waals surface area contributed by atoms with Crippen molar-refractivity contribution in [1.82, 2.24) is 0 Å². The molecule has 1 N–H and O–H groups in total. The summed E-state index contributed by atoms with van der Waals surface area (Å²) in [7, 11) is -0.412. The summed E-state index contributed by atoms with van der Waals surface area (Å²) >= 11 is 0. The fourth-order valence-corrected chi connectivity index (χ4v) is 7.24. The Morgan fingerprint density at radius 2 is 1.87 bits per heavy atom. The van der Waals surface area contributed by atoms with Crippen LogP contribution in [0.15, 0.2) is 12.2 Å². The first kappa shape index (κ1) is 26.6. The number of carbonyl (C=O) groups is 1. The molecule has 0 aliphatic heterocycles. The van der Waals surface area contributed by atoms with E-state index in [1.807, 2.05) is 0 Å². The second-order valence-corrected chi connectivity index (χ2v) is 17.1. The zero-order valence-corrected chi connectivity index (χ0v) is 22.6. The van der Waals surface area contributed by atoms with Crippen molar-refractivity contribution in [1.29, 1.82) is 0 Å². The van der Waals surface area contributed by atoms with Crippen LogP contribution in [0, 0.1) is 23.2 Å². The molecule has 0 radical (unpaired) electrons. The van der Waals surface area contributed by atoms with Crippen molar-refractivity contribution in [2.45, 2.75) is 116 Å². The Labute approximate surface area is 192 Å². The van der Waals surface area contributed by atoms with Gasteiger partial charge in [0.2, 0.25) is 0 Å². The molecule has 0 aromatic carbocycles. The maximum absolute atomic E-state index is 11.5. The van der Waals surface area contributed by atoms with E-state index < -0.39 is 13.9 Å². The fourth-order valence-electron chi connectivity index (χ4n) is 5.85. The normalized spacial score (nSPS) is 32.5. The Kier molecular flexibility index (Phi) is 8.31. The van der Waals surface area contributed by atoms with Gasteiger partial charge in [-0.2, -0.15) is 0 Å². The number of carbonyl (C=O) groups excluding carboxylic acids is 1. The van der Waals surface area contributed by atoms with E-state index in [9.17, 15) is 9.90 Å².